The number of phenolic OH excluding ortho intramolecular Hbond substituents is 1. The lowest BCUT2D eigenvalue weighted by Gasteiger charge is -2.28. The monoisotopic (exact) mass is 698 g/mol. The zero-order valence-electron chi connectivity index (χ0n) is 28.2. The molecular formula is C34H46N6O10. The molecule has 0 aromatic heterocycles. The maximum Gasteiger partial charge on any atom is 0.326 e. The third-order valence-corrected chi connectivity index (χ3v) is 7.89. The molecule has 50 heavy (non-hydrogen) atoms. The van der Waals surface area contributed by atoms with Crippen LogP contribution in [-0.4, -0.2) is 93.5 Å². The van der Waals surface area contributed by atoms with Crippen molar-refractivity contribution >= 4 is 41.5 Å². The molecule has 16 heteroatoms. The van der Waals surface area contributed by atoms with Crippen LogP contribution >= 0.6 is 0 Å². The second-order valence-corrected chi connectivity index (χ2v) is 11.9. The molecule has 0 aliphatic rings. The van der Waals surface area contributed by atoms with E-state index >= 15 is 0 Å². The first-order valence-corrected chi connectivity index (χ1v) is 16.1. The molecule has 5 amide bonds. The van der Waals surface area contributed by atoms with E-state index in [0.29, 0.717) is 17.5 Å². The van der Waals surface area contributed by atoms with Crippen molar-refractivity contribution in [2.45, 2.75) is 83.1 Å². The average molecular weight is 699 g/mol. The van der Waals surface area contributed by atoms with Gasteiger partial charge in [-0.05, 0) is 48.9 Å². The van der Waals surface area contributed by atoms with E-state index in [2.05, 4.69) is 26.6 Å². The molecule has 0 bridgehead atoms. The normalized spacial score (nSPS) is 14.4. The van der Waals surface area contributed by atoms with Gasteiger partial charge < -0.3 is 47.6 Å². The summed E-state index contributed by atoms with van der Waals surface area (Å²) in [6, 6.07) is 8.82. The van der Waals surface area contributed by atoms with Crippen LogP contribution in [0.4, 0.5) is 0 Å². The molecule has 0 unspecified atom stereocenters. The Morgan fingerprint density at radius 2 is 1.34 bits per heavy atom. The molecule has 0 saturated heterocycles. The molecule has 6 atom stereocenters. The largest absolute Gasteiger partial charge is 0.508 e. The van der Waals surface area contributed by atoms with Gasteiger partial charge in [0.2, 0.25) is 29.5 Å². The number of nitrogens with one attached hydrogen (secondary N) is 5. The standard InChI is InChI=1S/C34H46N6O10/c1-4-19(2)29(33(48)39-25(34(49)50)14-15-28(43)44)40-32(47)26(17-21-8-6-5-7-9-21)38-27(42)18-36-30(45)20(3)37-31(46)24(35)16-22-10-12-23(41)13-11-22/h5-13,19-20,24-26,29,41H,4,14-18,35H2,1-3H3,(H,36,45)(H,37,46)(H,38,42)(H,39,48)(H,40,47)(H,43,44)(H,49,50)/t19-,20+,24-,25-,26-,29-/m0/s1. The molecule has 0 aliphatic carbocycles. The highest BCUT2D eigenvalue weighted by Crippen LogP contribution is 2.12. The van der Waals surface area contributed by atoms with Crippen LogP contribution in [0.2, 0.25) is 0 Å². The minimum Gasteiger partial charge on any atom is -0.508 e. The maximum atomic E-state index is 13.6. The van der Waals surface area contributed by atoms with Crippen LogP contribution in [0.15, 0.2) is 54.6 Å². The van der Waals surface area contributed by atoms with E-state index in [1.165, 1.54) is 19.1 Å². The van der Waals surface area contributed by atoms with Crippen molar-refractivity contribution in [1.29, 1.82) is 0 Å². The number of aliphatic carboxylic acids is 2. The van der Waals surface area contributed by atoms with Crippen LogP contribution in [0.25, 0.3) is 0 Å². The van der Waals surface area contributed by atoms with Gasteiger partial charge in [-0.1, -0.05) is 62.7 Å². The van der Waals surface area contributed by atoms with Gasteiger partial charge in [-0.2, -0.15) is 0 Å². The summed E-state index contributed by atoms with van der Waals surface area (Å²) in [5.41, 5.74) is 7.33. The molecule has 2 rings (SSSR count). The molecule has 0 saturated carbocycles. The number of phenols is 1. The number of aromatic hydroxyl groups is 1. The number of carbonyl (C=O) groups excluding carboxylic acids is 5. The average Bonchev–Trinajstić information content (AvgIpc) is 3.08. The summed E-state index contributed by atoms with van der Waals surface area (Å²) in [6.45, 7) is 4.27. The Balaban J connectivity index is 2.07. The molecule has 0 fully saturated rings. The molecule has 0 radical (unpaired) electrons. The van der Waals surface area contributed by atoms with E-state index in [-0.39, 0.29) is 25.0 Å². The Labute approximate surface area is 289 Å². The van der Waals surface area contributed by atoms with Crippen molar-refractivity contribution in [3.63, 3.8) is 0 Å². The summed E-state index contributed by atoms with van der Waals surface area (Å²) in [5, 5.41) is 40.2. The van der Waals surface area contributed by atoms with E-state index in [4.69, 9.17) is 10.8 Å². The van der Waals surface area contributed by atoms with Gasteiger partial charge in [0.05, 0.1) is 12.6 Å². The minimum atomic E-state index is -1.51. The highest BCUT2D eigenvalue weighted by molar-refractivity contribution is 5.95. The second kappa shape index (κ2) is 20.1. The highest BCUT2D eigenvalue weighted by atomic mass is 16.4. The van der Waals surface area contributed by atoms with Crippen LogP contribution < -0.4 is 32.3 Å². The van der Waals surface area contributed by atoms with Crippen LogP contribution in [0, 0.1) is 5.92 Å². The number of carboxylic acid groups (broad SMARTS) is 2. The Kier molecular flexibility index (Phi) is 16.4. The van der Waals surface area contributed by atoms with Gasteiger partial charge in [-0.25, -0.2) is 4.79 Å². The Hall–Kier alpha value is -5.51. The fourth-order valence-corrected chi connectivity index (χ4v) is 4.73. The first-order chi connectivity index (χ1) is 23.6. The van der Waals surface area contributed by atoms with Gasteiger partial charge in [-0.15, -0.1) is 0 Å². The molecule has 0 spiro atoms. The number of benzene rings is 2. The van der Waals surface area contributed by atoms with E-state index in [9.17, 15) is 43.8 Å². The highest BCUT2D eigenvalue weighted by Gasteiger charge is 2.32. The molecule has 16 nitrogen and oxygen atoms in total. The third kappa shape index (κ3) is 13.9. The number of hydrogen-bond acceptors (Lipinski definition) is 9. The molecule has 2 aromatic carbocycles. The first-order valence-electron chi connectivity index (χ1n) is 16.1. The molecule has 2 aromatic rings. The predicted octanol–water partition coefficient (Wildman–Crippen LogP) is -0.424. The summed E-state index contributed by atoms with van der Waals surface area (Å²) in [5.74, 6) is -6.73. The fraction of sp³-hybridized carbons (Fsp3) is 0.441. The zero-order chi connectivity index (χ0) is 37.4. The number of carboxylic acids is 2. The van der Waals surface area contributed by atoms with Crippen molar-refractivity contribution in [1.82, 2.24) is 26.6 Å². The molecule has 10 N–H and O–H groups in total. The maximum absolute atomic E-state index is 13.6. The molecule has 0 heterocycles. The van der Waals surface area contributed by atoms with Gasteiger partial charge in [0, 0.05) is 12.8 Å². The van der Waals surface area contributed by atoms with Gasteiger partial charge in [0.25, 0.3) is 0 Å². The van der Waals surface area contributed by atoms with E-state index in [0.717, 1.165) is 0 Å². The van der Waals surface area contributed by atoms with Crippen molar-refractivity contribution in [3.8, 4) is 5.75 Å². The van der Waals surface area contributed by atoms with Gasteiger partial charge in [0.1, 0.15) is 29.9 Å². The Morgan fingerprint density at radius 3 is 1.92 bits per heavy atom. The van der Waals surface area contributed by atoms with Crippen molar-refractivity contribution in [3.05, 3.63) is 65.7 Å². The van der Waals surface area contributed by atoms with Crippen LogP contribution in [0.5, 0.6) is 5.75 Å². The quantitative estimate of drug-likeness (QED) is 0.0857. The smallest absolute Gasteiger partial charge is 0.326 e. The van der Waals surface area contributed by atoms with Crippen LogP contribution in [-0.2, 0) is 46.4 Å². The van der Waals surface area contributed by atoms with Crippen molar-refractivity contribution in [2.75, 3.05) is 6.54 Å². The Morgan fingerprint density at radius 1 is 0.720 bits per heavy atom. The van der Waals surface area contributed by atoms with Crippen LogP contribution in [0.3, 0.4) is 0 Å². The lowest BCUT2D eigenvalue weighted by molar-refractivity contribution is -0.143. The van der Waals surface area contributed by atoms with Crippen molar-refractivity contribution in [2.24, 2.45) is 11.7 Å². The Bertz CT molecular complexity index is 1490. The summed E-state index contributed by atoms with van der Waals surface area (Å²) < 4.78 is 0. The molecule has 0 aliphatic heterocycles. The second-order valence-electron chi connectivity index (χ2n) is 11.9. The SMILES string of the molecule is CC[C@H](C)[C@H](NC(=O)[C@H](Cc1ccccc1)NC(=O)CNC(=O)[C@@H](C)NC(=O)[C@@H](N)Cc1ccc(O)cc1)C(=O)N[C@@H](CCC(=O)O)C(=O)O. The number of carbonyl (C=O) groups is 7. The van der Waals surface area contributed by atoms with Crippen molar-refractivity contribution < 1.29 is 48.9 Å². The van der Waals surface area contributed by atoms with Gasteiger partial charge in [-0.3, -0.25) is 28.8 Å². The summed E-state index contributed by atoms with van der Waals surface area (Å²) >= 11 is 0. The number of amides is 5. The number of nitrogens with two attached hydrogens (primary N) is 1. The van der Waals surface area contributed by atoms with Crippen LogP contribution in [0.1, 0.15) is 51.2 Å². The number of rotatable bonds is 20. The third-order valence-electron chi connectivity index (χ3n) is 7.89. The van der Waals surface area contributed by atoms with Gasteiger partial charge in [0.15, 0.2) is 0 Å². The van der Waals surface area contributed by atoms with E-state index in [1.54, 1.807) is 56.3 Å². The minimum absolute atomic E-state index is 0.00292. The predicted molar refractivity (Wildman–Crippen MR) is 180 cm³/mol. The fourth-order valence-electron chi connectivity index (χ4n) is 4.73. The van der Waals surface area contributed by atoms with Gasteiger partial charge >= 0.3 is 11.9 Å². The summed E-state index contributed by atoms with van der Waals surface area (Å²) in [6.07, 6.45) is -0.311. The van der Waals surface area contributed by atoms with E-state index < -0.39 is 90.6 Å². The number of hydrogen-bond donors (Lipinski definition) is 9. The molecular weight excluding hydrogens is 652 g/mol. The summed E-state index contributed by atoms with van der Waals surface area (Å²) in [4.78, 5) is 87.6. The lowest BCUT2D eigenvalue weighted by Crippen LogP contribution is -2.58. The van der Waals surface area contributed by atoms with E-state index in [1.807, 2.05) is 0 Å². The lowest BCUT2D eigenvalue weighted by atomic mass is 9.96. The summed E-state index contributed by atoms with van der Waals surface area (Å²) in [7, 11) is 0. The molecule has 272 valence electrons. The zero-order valence-corrected chi connectivity index (χ0v) is 28.2. The topological polar surface area (TPSA) is 266 Å². The first kappa shape index (κ1) is 40.7.